The number of benzene rings is 2. The van der Waals surface area contributed by atoms with Gasteiger partial charge in [0.05, 0.1) is 31.0 Å². The average molecular weight is 419 g/mol. The van der Waals surface area contributed by atoms with Gasteiger partial charge in [-0.25, -0.2) is 14.4 Å². The van der Waals surface area contributed by atoms with Crippen LogP contribution < -0.4 is 4.90 Å². The van der Waals surface area contributed by atoms with Gasteiger partial charge in [-0.2, -0.15) is 0 Å². The number of carboxylic acids is 1. The van der Waals surface area contributed by atoms with E-state index in [0.29, 0.717) is 5.56 Å². The fourth-order valence-corrected chi connectivity index (χ4v) is 3.19. The van der Waals surface area contributed by atoms with E-state index in [1.807, 2.05) is 31.2 Å². The Morgan fingerprint density at radius 2 is 1.52 bits per heavy atom. The molecule has 2 aromatic carbocycles. The summed E-state index contributed by atoms with van der Waals surface area (Å²) in [7, 11) is 2.37. The number of carbonyl (C=O) groups is 3. The first-order chi connectivity index (χ1) is 14.9. The third kappa shape index (κ3) is 4.40. The summed E-state index contributed by atoms with van der Waals surface area (Å²) in [4.78, 5) is 38.3. The Kier molecular flexibility index (Phi) is 6.35. The van der Waals surface area contributed by atoms with Crippen LogP contribution in [-0.2, 0) is 19.1 Å². The number of hydrogen-bond acceptors (Lipinski definition) is 6. The zero-order valence-corrected chi connectivity index (χ0v) is 17.3. The van der Waals surface area contributed by atoms with Gasteiger partial charge in [0.1, 0.15) is 5.70 Å². The Morgan fingerprint density at radius 1 is 0.871 bits per heavy atom. The molecular formula is C24H21NO6. The van der Waals surface area contributed by atoms with E-state index in [4.69, 9.17) is 9.47 Å². The van der Waals surface area contributed by atoms with Gasteiger partial charge in [0, 0.05) is 6.20 Å². The van der Waals surface area contributed by atoms with Crippen molar-refractivity contribution in [1.82, 2.24) is 0 Å². The number of aryl methyl sites for hydroxylation is 1. The molecule has 0 saturated heterocycles. The molecule has 0 fully saturated rings. The number of methoxy groups -OCH3 is 2. The summed E-state index contributed by atoms with van der Waals surface area (Å²) in [5, 5.41) is 9.90. The molecule has 1 N–H and O–H groups in total. The number of allylic oxidation sites excluding steroid dienone is 2. The van der Waals surface area contributed by atoms with Crippen LogP contribution >= 0.6 is 0 Å². The van der Waals surface area contributed by atoms with Gasteiger partial charge in [-0.1, -0.05) is 42.0 Å². The van der Waals surface area contributed by atoms with E-state index < -0.39 is 17.9 Å². The molecule has 2 aromatic rings. The quantitative estimate of drug-likeness (QED) is 0.736. The highest BCUT2D eigenvalue weighted by molar-refractivity contribution is 6.07. The molecule has 0 aliphatic carbocycles. The number of nitrogens with zero attached hydrogens (tertiary/aromatic N) is 1. The summed E-state index contributed by atoms with van der Waals surface area (Å²) in [6.45, 7) is 1.97. The topological polar surface area (TPSA) is 93.1 Å². The van der Waals surface area contributed by atoms with Crippen LogP contribution in [0.3, 0.4) is 0 Å². The fraction of sp³-hybridized carbons (Fsp3) is 0.125. The lowest BCUT2D eigenvalue weighted by Crippen LogP contribution is -2.28. The van der Waals surface area contributed by atoms with Crippen LogP contribution in [0.5, 0.6) is 0 Å². The number of aromatic carboxylic acids is 1. The molecule has 1 heterocycles. The van der Waals surface area contributed by atoms with Crippen molar-refractivity contribution in [3.05, 3.63) is 89.3 Å². The lowest BCUT2D eigenvalue weighted by molar-refractivity contribution is -0.139. The minimum Gasteiger partial charge on any atom is -0.478 e. The van der Waals surface area contributed by atoms with E-state index in [2.05, 4.69) is 0 Å². The van der Waals surface area contributed by atoms with E-state index >= 15 is 0 Å². The number of carbonyl (C=O) groups excluding carboxylic acids is 2. The van der Waals surface area contributed by atoms with E-state index in [-0.39, 0.29) is 22.5 Å². The summed E-state index contributed by atoms with van der Waals surface area (Å²) in [6, 6.07) is 12.6. The second kappa shape index (κ2) is 9.13. The molecule has 158 valence electrons. The molecule has 31 heavy (non-hydrogen) atoms. The lowest BCUT2D eigenvalue weighted by Gasteiger charge is -2.25. The highest BCUT2D eigenvalue weighted by atomic mass is 16.5. The molecule has 0 radical (unpaired) electrons. The van der Waals surface area contributed by atoms with Crippen LogP contribution in [0.15, 0.2) is 78.2 Å². The molecule has 0 unspecified atom stereocenters. The summed E-state index contributed by atoms with van der Waals surface area (Å²) in [6.07, 6.45) is 6.04. The number of carboxylic acid groups (broad SMARTS) is 1. The molecule has 7 heteroatoms. The first-order valence-corrected chi connectivity index (χ1v) is 9.36. The first-order valence-electron chi connectivity index (χ1n) is 9.36. The van der Waals surface area contributed by atoms with Gasteiger partial charge in [0.2, 0.25) is 0 Å². The summed E-state index contributed by atoms with van der Waals surface area (Å²) >= 11 is 0. The first kappa shape index (κ1) is 21.6. The van der Waals surface area contributed by atoms with Gasteiger partial charge < -0.3 is 19.5 Å². The van der Waals surface area contributed by atoms with Crippen LogP contribution in [0.4, 0.5) is 5.69 Å². The summed E-state index contributed by atoms with van der Waals surface area (Å²) < 4.78 is 9.66. The Balaban J connectivity index is 2.21. The van der Waals surface area contributed by atoms with Crippen molar-refractivity contribution in [3.8, 4) is 11.1 Å². The van der Waals surface area contributed by atoms with Gasteiger partial charge in [-0.15, -0.1) is 0 Å². The zero-order valence-electron chi connectivity index (χ0n) is 17.3. The Hall–Kier alpha value is -4.13. The van der Waals surface area contributed by atoms with Crippen molar-refractivity contribution in [2.24, 2.45) is 0 Å². The van der Waals surface area contributed by atoms with Crippen molar-refractivity contribution in [1.29, 1.82) is 0 Å². The fourth-order valence-electron chi connectivity index (χ4n) is 3.19. The number of anilines is 1. The molecule has 1 aliphatic heterocycles. The zero-order chi connectivity index (χ0) is 22.5. The van der Waals surface area contributed by atoms with Gasteiger partial charge >= 0.3 is 17.9 Å². The maximum Gasteiger partial charge on any atom is 0.355 e. The Labute approximate surface area is 179 Å². The number of esters is 2. The second-order valence-electron chi connectivity index (χ2n) is 6.72. The van der Waals surface area contributed by atoms with E-state index in [9.17, 15) is 19.5 Å². The number of rotatable bonds is 5. The minimum absolute atomic E-state index is 0.0461. The minimum atomic E-state index is -1.18. The molecule has 3 rings (SSSR count). The third-order valence-corrected chi connectivity index (χ3v) is 4.76. The molecule has 0 saturated carbocycles. The molecule has 0 aromatic heterocycles. The average Bonchev–Trinajstić information content (AvgIpc) is 3.01. The van der Waals surface area contributed by atoms with Crippen LogP contribution in [0.25, 0.3) is 11.1 Å². The summed E-state index contributed by atoms with van der Waals surface area (Å²) in [5.74, 6) is -2.74. The maximum atomic E-state index is 12.6. The molecule has 7 nitrogen and oxygen atoms in total. The van der Waals surface area contributed by atoms with Crippen molar-refractivity contribution >= 4 is 23.6 Å². The maximum absolute atomic E-state index is 12.6. The molecule has 0 amide bonds. The van der Waals surface area contributed by atoms with Crippen LogP contribution in [-0.4, -0.2) is 37.2 Å². The SMILES string of the molecule is COC(=O)C1=C(C(=O)OC)N(c2ccc(-c3ccc(C)cc3)cc2C(=O)O)C=CC=C1. The predicted octanol–water partition coefficient (Wildman–Crippen LogP) is 3.85. The third-order valence-electron chi connectivity index (χ3n) is 4.76. The monoisotopic (exact) mass is 419 g/mol. The molecular weight excluding hydrogens is 398 g/mol. The Bertz CT molecular complexity index is 1130. The van der Waals surface area contributed by atoms with E-state index in [1.165, 1.54) is 37.5 Å². The highest BCUT2D eigenvalue weighted by Gasteiger charge is 2.29. The molecule has 1 aliphatic rings. The largest absolute Gasteiger partial charge is 0.478 e. The van der Waals surface area contributed by atoms with Crippen LogP contribution in [0, 0.1) is 6.92 Å². The second-order valence-corrected chi connectivity index (χ2v) is 6.72. The van der Waals surface area contributed by atoms with Crippen LogP contribution in [0.1, 0.15) is 15.9 Å². The van der Waals surface area contributed by atoms with Gasteiger partial charge in [0.15, 0.2) is 0 Å². The molecule has 0 spiro atoms. The normalized spacial score (nSPS) is 13.1. The van der Waals surface area contributed by atoms with E-state index in [1.54, 1.807) is 24.3 Å². The Morgan fingerprint density at radius 3 is 2.13 bits per heavy atom. The predicted molar refractivity (Wildman–Crippen MR) is 115 cm³/mol. The molecule has 0 bridgehead atoms. The van der Waals surface area contributed by atoms with Crippen molar-refractivity contribution in [2.45, 2.75) is 6.92 Å². The van der Waals surface area contributed by atoms with Crippen LogP contribution in [0.2, 0.25) is 0 Å². The molecule has 0 atom stereocenters. The standard InChI is InChI=1S/C24H21NO6/c1-15-7-9-16(10-8-15)17-11-12-20(19(14-17)22(26)27)25-13-5-4-6-18(23(28)30-2)21(25)24(29)31-3/h4-14H,1-3H3,(H,26,27). The summed E-state index contributed by atoms with van der Waals surface area (Å²) in [5.41, 5.74) is 2.59. The van der Waals surface area contributed by atoms with Crippen molar-refractivity contribution in [3.63, 3.8) is 0 Å². The number of hydrogen-bond donors (Lipinski definition) is 1. The lowest BCUT2D eigenvalue weighted by atomic mass is 10.00. The highest BCUT2D eigenvalue weighted by Crippen LogP contribution is 2.32. The number of ether oxygens (including phenoxy) is 2. The smallest absolute Gasteiger partial charge is 0.355 e. The van der Waals surface area contributed by atoms with E-state index in [0.717, 1.165) is 11.1 Å². The van der Waals surface area contributed by atoms with Gasteiger partial charge in [-0.05, 0) is 42.3 Å². The van der Waals surface area contributed by atoms with Gasteiger partial charge in [-0.3, -0.25) is 0 Å². The van der Waals surface area contributed by atoms with Crippen molar-refractivity contribution < 1.29 is 29.0 Å². The van der Waals surface area contributed by atoms with Gasteiger partial charge in [0.25, 0.3) is 0 Å². The van der Waals surface area contributed by atoms with Crippen molar-refractivity contribution in [2.75, 3.05) is 19.1 Å².